The Labute approximate surface area is 140 Å². The highest BCUT2D eigenvalue weighted by Crippen LogP contribution is 2.44. The number of halogens is 1. The summed E-state index contributed by atoms with van der Waals surface area (Å²) in [5.41, 5.74) is 0.467. The molecule has 24 heavy (non-hydrogen) atoms. The lowest BCUT2D eigenvalue weighted by molar-refractivity contribution is -0.141. The number of nitrogens with one attached hydrogen (secondary N) is 1. The van der Waals surface area contributed by atoms with Gasteiger partial charge in [-0.3, -0.25) is 9.59 Å². The first-order valence-electron chi connectivity index (χ1n) is 8.35. The summed E-state index contributed by atoms with van der Waals surface area (Å²) in [5.74, 6) is -0.968. The van der Waals surface area contributed by atoms with Gasteiger partial charge in [0.2, 0.25) is 11.8 Å². The second-order valence-electron chi connectivity index (χ2n) is 7.03. The minimum Gasteiger partial charge on any atom is -0.396 e. The first-order valence-corrected chi connectivity index (χ1v) is 8.35. The average Bonchev–Trinajstić information content (AvgIpc) is 3.35. The highest BCUT2D eigenvalue weighted by Gasteiger charge is 2.44. The fourth-order valence-electron chi connectivity index (χ4n) is 3.43. The molecule has 1 heterocycles. The first-order chi connectivity index (χ1) is 11.5. The quantitative estimate of drug-likeness (QED) is 0.860. The second-order valence-corrected chi connectivity index (χ2v) is 7.03. The lowest BCUT2D eigenvalue weighted by Gasteiger charge is -2.38. The van der Waals surface area contributed by atoms with E-state index in [0.29, 0.717) is 24.9 Å². The topological polar surface area (TPSA) is 69.6 Å². The second kappa shape index (κ2) is 6.51. The Morgan fingerprint density at radius 2 is 2.21 bits per heavy atom. The van der Waals surface area contributed by atoms with Crippen LogP contribution >= 0.6 is 0 Å². The Balaban J connectivity index is 1.78. The Kier molecular flexibility index (Phi) is 4.58. The third kappa shape index (κ3) is 3.29. The van der Waals surface area contributed by atoms with Crippen molar-refractivity contribution in [3.8, 4) is 0 Å². The van der Waals surface area contributed by atoms with Gasteiger partial charge in [-0.2, -0.15) is 0 Å². The molecule has 0 bridgehead atoms. The van der Waals surface area contributed by atoms with Gasteiger partial charge < -0.3 is 15.3 Å². The number of nitrogens with zero attached hydrogens (tertiary/aromatic N) is 1. The molecule has 0 aromatic heterocycles. The zero-order valence-electron chi connectivity index (χ0n) is 13.8. The van der Waals surface area contributed by atoms with Gasteiger partial charge in [-0.1, -0.05) is 12.1 Å². The van der Waals surface area contributed by atoms with E-state index in [-0.39, 0.29) is 29.7 Å². The van der Waals surface area contributed by atoms with E-state index in [2.05, 4.69) is 5.32 Å². The number of carbonyl (C=O) groups is 2. The lowest BCUT2D eigenvalue weighted by Crippen LogP contribution is -2.47. The third-order valence-corrected chi connectivity index (χ3v) is 5.32. The summed E-state index contributed by atoms with van der Waals surface area (Å²) in [5, 5.41) is 12.3. The van der Waals surface area contributed by atoms with Crippen LogP contribution < -0.4 is 5.32 Å². The number of hydrogen-bond acceptors (Lipinski definition) is 3. The van der Waals surface area contributed by atoms with Crippen molar-refractivity contribution in [1.29, 1.82) is 0 Å². The fourth-order valence-corrected chi connectivity index (χ4v) is 3.43. The molecule has 1 aliphatic carbocycles. The molecule has 0 spiro atoms. The van der Waals surface area contributed by atoms with Crippen molar-refractivity contribution in [2.75, 3.05) is 20.2 Å². The van der Waals surface area contributed by atoms with E-state index < -0.39 is 12.0 Å². The van der Waals surface area contributed by atoms with Crippen LogP contribution in [-0.4, -0.2) is 42.0 Å². The predicted octanol–water partition coefficient (Wildman–Crippen LogP) is 1.62. The highest BCUT2D eigenvalue weighted by atomic mass is 19.1. The Morgan fingerprint density at radius 1 is 1.46 bits per heavy atom. The monoisotopic (exact) mass is 334 g/mol. The molecule has 3 rings (SSSR count). The number of piperidine rings is 1. The molecule has 1 saturated heterocycles. The Morgan fingerprint density at radius 3 is 2.83 bits per heavy atom. The summed E-state index contributed by atoms with van der Waals surface area (Å²) in [7, 11) is 1.66. The summed E-state index contributed by atoms with van der Waals surface area (Å²) < 4.78 is 13.6. The molecule has 6 heteroatoms. The van der Waals surface area contributed by atoms with Crippen molar-refractivity contribution in [2.24, 2.45) is 11.3 Å². The SMILES string of the molecule is CN1C(=O)CCC(C(=O)NCC2(CO)CC2)C1c1cccc(F)c1. The van der Waals surface area contributed by atoms with E-state index >= 15 is 0 Å². The summed E-state index contributed by atoms with van der Waals surface area (Å²) in [6.45, 7) is 0.524. The Bertz CT molecular complexity index is 645. The molecule has 1 aromatic carbocycles. The fraction of sp³-hybridized carbons (Fsp3) is 0.556. The number of likely N-dealkylation sites (tertiary alicyclic amines) is 1. The number of rotatable bonds is 5. The number of carbonyl (C=O) groups excluding carboxylic acids is 2. The molecule has 1 aliphatic heterocycles. The van der Waals surface area contributed by atoms with Crippen molar-refractivity contribution >= 4 is 11.8 Å². The van der Waals surface area contributed by atoms with Gasteiger partial charge in [-0.15, -0.1) is 0 Å². The van der Waals surface area contributed by atoms with Crippen LogP contribution in [0, 0.1) is 17.2 Å². The molecule has 2 amide bonds. The maximum absolute atomic E-state index is 13.6. The zero-order valence-corrected chi connectivity index (χ0v) is 13.8. The zero-order chi connectivity index (χ0) is 17.3. The van der Waals surface area contributed by atoms with E-state index in [0.717, 1.165) is 12.8 Å². The number of aliphatic hydroxyl groups is 1. The van der Waals surface area contributed by atoms with Crippen molar-refractivity contribution in [2.45, 2.75) is 31.7 Å². The van der Waals surface area contributed by atoms with Crippen LogP contribution in [0.1, 0.15) is 37.3 Å². The average molecular weight is 334 g/mol. The van der Waals surface area contributed by atoms with Crippen LogP contribution in [0.2, 0.25) is 0 Å². The smallest absolute Gasteiger partial charge is 0.225 e. The standard InChI is InChI=1S/C18H23FN2O3/c1-21-15(23)6-5-14(16(21)12-3-2-4-13(19)9-12)17(24)20-10-18(11-22)7-8-18/h2-4,9,14,16,22H,5-8,10-11H2,1H3,(H,20,24). The molecule has 130 valence electrons. The Hall–Kier alpha value is -1.95. The van der Waals surface area contributed by atoms with E-state index in [9.17, 15) is 19.1 Å². The summed E-state index contributed by atoms with van der Waals surface area (Å²) in [4.78, 5) is 26.3. The van der Waals surface area contributed by atoms with Gasteiger partial charge in [0.05, 0.1) is 18.6 Å². The molecule has 2 atom stereocenters. The van der Waals surface area contributed by atoms with Gasteiger partial charge in [0.1, 0.15) is 5.82 Å². The number of aliphatic hydroxyl groups excluding tert-OH is 1. The van der Waals surface area contributed by atoms with Crippen LogP contribution in [0.25, 0.3) is 0 Å². The first kappa shape index (κ1) is 16.9. The van der Waals surface area contributed by atoms with Gasteiger partial charge in [-0.05, 0) is 37.0 Å². The van der Waals surface area contributed by atoms with Crippen molar-refractivity contribution < 1.29 is 19.1 Å². The van der Waals surface area contributed by atoms with Crippen molar-refractivity contribution in [3.63, 3.8) is 0 Å². The van der Waals surface area contributed by atoms with E-state index in [4.69, 9.17) is 0 Å². The summed E-state index contributed by atoms with van der Waals surface area (Å²) >= 11 is 0. The number of amides is 2. The largest absolute Gasteiger partial charge is 0.396 e. The predicted molar refractivity (Wildman–Crippen MR) is 86.4 cm³/mol. The molecule has 1 aromatic rings. The maximum Gasteiger partial charge on any atom is 0.225 e. The molecule has 5 nitrogen and oxygen atoms in total. The van der Waals surface area contributed by atoms with Crippen LogP contribution in [0.15, 0.2) is 24.3 Å². The molecular formula is C18H23FN2O3. The third-order valence-electron chi connectivity index (χ3n) is 5.32. The van der Waals surface area contributed by atoms with Gasteiger partial charge in [0, 0.05) is 25.4 Å². The number of hydrogen-bond donors (Lipinski definition) is 2. The lowest BCUT2D eigenvalue weighted by atomic mass is 9.84. The number of benzene rings is 1. The summed E-state index contributed by atoms with van der Waals surface area (Å²) in [6.07, 6.45) is 2.59. The minimum atomic E-state index is -0.466. The van der Waals surface area contributed by atoms with Crippen LogP contribution in [0.3, 0.4) is 0 Å². The molecule has 2 aliphatic rings. The minimum absolute atomic E-state index is 0.0395. The van der Waals surface area contributed by atoms with E-state index in [1.807, 2.05) is 0 Å². The molecular weight excluding hydrogens is 311 g/mol. The highest BCUT2D eigenvalue weighted by molar-refractivity contribution is 5.85. The molecule has 2 N–H and O–H groups in total. The van der Waals surface area contributed by atoms with E-state index in [1.54, 1.807) is 24.1 Å². The van der Waals surface area contributed by atoms with Crippen LogP contribution in [0.5, 0.6) is 0 Å². The van der Waals surface area contributed by atoms with Gasteiger partial charge in [0.15, 0.2) is 0 Å². The van der Waals surface area contributed by atoms with Gasteiger partial charge in [0.25, 0.3) is 0 Å². The van der Waals surface area contributed by atoms with E-state index in [1.165, 1.54) is 12.1 Å². The van der Waals surface area contributed by atoms with Crippen LogP contribution in [-0.2, 0) is 9.59 Å². The van der Waals surface area contributed by atoms with Crippen LogP contribution in [0.4, 0.5) is 4.39 Å². The van der Waals surface area contributed by atoms with Crippen molar-refractivity contribution in [1.82, 2.24) is 10.2 Å². The molecule has 1 saturated carbocycles. The van der Waals surface area contributed by atoms with Gasteiger partial charge in [-0.25, -0.2) is 4.39 Å². The molecule has 0 radical (unpaired) electrons. The normalized spacial score (nSPS) is 25.5. The van der Waals surface area contributed by atoms with Gasteiger partial charge >= 0.3 is 0 Å². The maximum atomic E-state index is 13.6. The summed E-state index contributed by atoms with van der Waals surface area (Å²) in [6, 6.07) is 5.61. The molecule has 2 unspecified atom stereocenters. The van der Waals surface area contributed by atoms with Crippen molar-refractivity contribution in [3.05, 3.63) is 35.6 Å². The molecule has 2 fully saturated rings.